The lowest BCUT2D eigenvalue weighted by atomic mass is 10.0. The van der Waals surface area contributed by atoms with Crippen LogP contribution in [0, 0.1) is 25.5 Å². The molecule has 2 aromatic carbocycles. The summed E-state index contributed by atoms with van der Waals surface area (Å²) in [5, 5.41) is 1.78. The highest BCUT2D eigenvalue weighted by atomic mass is 19.1. The Morgan fingerprint density at radius 2 is 1.39 bits per heavy atom. The van der Waals surface area contributed by atoms with E-state index in [2.05, 4.69) is 4.98 Å². The number of hydrogen-bond donors (Lipinski definition) is 0. The molecule has 0 fully saturated rings. The Balaban J connectivity index is 2.56. The number of halogens is 2. The molecular weight excluding hydrogens is 232 g/mol. The van der Waals surface area contributed by atoms with Gasteiger partial charge in [-0.3, -0.25) is 4.98 Å². The van der Waals surface area contributed by atoms with Gasteiger partial charge in [0.2, 0.25) is 0 Å². The number of aromatic nitrogens is 1. The van der Waals surface area contributed by atoms with Crippen LogP contribution in [0.3, 0.4) is 0 Å². The first kappa shape index (κ1) is 11.1. The van der Waals surface area contributed by atoms with Gasteiger partial charge < -0.3 is 0 Å². The van der Waals surface area contributed by atoms with Gasteiger partial charge in [0.05, 0.1) is 0 Å². The van der Waals surface area contributed by atoms with Crippen LogP contribution in [0.4, 0.5) is 8.78 Å². The molecule has 1 aromatic heterocycles. The Hall–Kier alpha value is -2.03. The first-order valence-electron chi connectivity index (χ1n) is 5.72. The zero-order valence-electron chi connectivity index (χ0n) is 10.1. The standard InChI is InChI=1S/C15H11F2N/c1-8-3-5-10-11-6-4-9(2)14(17)15(11)18-7-12(10)13(8)16/h3-7H,1-2H3. The molecule has 0 saturated carbocycles. The minimum absolute atomic E-state index is 0.289. The van der Waals surface area contributed by atoms with Crippen LogP contribution < -0.4 is 0 Å². The van der Waals surface area contributed by atoms with Gasteiger partial charge in [0.15, 0.2) is 5.82 Å². The molecular formula is C15H11F2N. The van der Waals surface area contributed by atoms with Crippen molar-refractivity contribution in [2.45, 2.75) is 13.8 Å². The van der Waals surface area contributed by atoms with E-state index in [-0.39, 0.29) is 11.6 Å². The molecule has 0 spiro atoms. The van der Waals surface area contributed by atoms with Gasteiger partial charge in [0.25, 0.3) is 0 Å². The molecule has 1 heterocycles. The van der Waals surface area contributed by atoms with Crippen molar-refractivity contribution in [3.8, 4) is 0 Å². The van der Waals surface area contributed by atoms with Gasteiger partial charge in [-0.15, -0.1) is 0 Å². The molecule has 0 amide bonds. The van der Waals surface area contributed by atoms with Crippen molar-refractivity contribution in [1.82, 2.24) is 4.98 Å². The maximum absolute atomic E-state index is 14.0. The average Bonchev–Trinajstić information content (AvgIpc) is 2.38. The van der Waals surface area contributed by atoms with Crippen LogP contribution in [0.15, 0.2) is 30.5 Å². The van der Waals surface area contributed by atoms with E-state index in [1.54, 1.807) is 32.0 Å². The monoisotopic (exact) mass is 243 g/mol. The number of pyridine rings is 1. The topological polar surface area (TPSA) is 12.9 Å². The molecule has 3 aromatic rings. The second-order valence-corrected chi connectivity index (χ2v) is 4.51. The molecule has 0 unspecified atom stereocenters. The van der Waals surface area contributed by atoms with E-state index < -0.39 is 0 Å². The molecule has 0 N–H and O–H groups in total. The number of aryl methyl sites for hydroxylation is 2. The van der Waals surface area contributed by atoms with Gasteiger partial charge in [-0.25, -0.2) is 8.78 Å². The fourth-order valence-corrected chi connectivity index (χ4v) is 2.20. The van der Waals surface area contributed by atoms with E-state index >= 15 is 0 Å². The Morgan fingerprint density at radius 1 is 0.778 bits per heavy atom. The van der Waals surface area contributed by atoms with Crippen LogP contribution in [0.25, 0.3) is 21.7 Å². The van der Waals surface area contributed by atoms with Crippen molar-refractivity contribution in [2.24, 2.45) is 0 Å². The SMILES string of the molecule is Cc1ccc2c(cnc3c(F)c(C)ccc32)c1F. The highest BCUT2D eigenvalue weighted by Crippen LogP contribution is 2.29. The Bertz CT molecular complexity index is 712. The predicted molar refractivity (Wildman–Crippen MR) is 68.6 cm³/mol. The fraction of sp³-hybridized carbons (Fsp3) is 0.133. The number of fused-ring (bicyclic) bond motifs is 3. The van der Waals surface area contributed by atoms with Crippen molar-refractivity contribution in [1.29, 1.82) is 0 Å². The van der Waals surface area contributed by atoms with Crippen molar-refractivity contribution in [3.63, 3.8) is 0 Å². The molecule has 3 rings (SSSR count). The molecule has 0 aliphatic carbocycles. The minimum Gasteiger partial charge on any atom is -0.252 e. The van der Waals surface area contributed by atoms with Crippen LogP contribution in [0.1, 0.15) is 11.1 Å². The number of hydrogen-bond acceptors (Lipinski definition) is 1. The highest BCUT2D eigenvalue weighted by Gasteiger charge is 2.11. The maximum Gasteiger partial charge on any atom is 0.152 e. The fourth-order valence-electron chi connectivity index (χ4n) is 2.20. The Labute approximate surface area is 103 Å². The van der Waals surface area contributed by atoms with E-state index in [1.165, 1.54) is 6.20 Å². The Kier molecular flexibility index (Phi) is 2.30. The average molecular weight is 243 g/mol. The zero-order valence-corrected chi connectivity index (χ0v) is 10.1. The van der Waals surface area contributed by atoms with Crippen molar-refractivity contribution in [2.75, 3.05) is 0 Å². The summed E-state index contributed by atoms with van der Waals surface area (Å²) in [6, 6.07) is 7.00. The molecule has 1 nitrogen and oxygen atoms in total. The lowest BCUT2D eigenvalue weighted by molar-refractivity contribution is 0.626. The normalized spacial score (nSPS) is 11.3. The molecule has 0 atom stereocenters. The number of nitrogens with zero attached hydrogens (tertiary/aromatic N) is 1. The summed E-state index contributed by atoms with van der Waals surface area (Å²) in [6.45, 7) is 3.39. The van der Waals surface area contributed by atoms with Crippen LogP contribution in [-0.4, -0.2) is 4.98 Å². The Morgan fingerprint density at radius 3 is 2.11 bits per heavy atom. The summed E-state index contributed by atoms with van der Waals surface area (Å²) in [5.41, 5.74) is 1.41. The van der Waals surface area contributed by atoms with Gasteiger partial charge in [0, 0.05) is 17.0 Å². The van der Waals surface area contributed by atoms with E-state index in [9.17, 15) is 8.78 Å². The van der Waals surface area contributed by atoms with E-state index in [1.807, 2.05) is 6.07 Å². The largest absolute Gasteiger partial charge is 0.252 e. The van der Waals surface area contributed by atoms with E-state index in [4.69, 9.17) is 0 Å². The molecule has 3 heteroatoms. The highest BCUT2D eigenvalue weighted by molar-refractivity contribution is 6.06. The molecule has 90 valence electrons. The maximum atomic E-state index is 14.0. The van der Waals surface area contributed by atoms with Crippen molar-refractivity contribution >= 4 is 21.7 Å². The third-order valence-electron chi connectivity index (χ3n) is 3.30. The van der Waals surface area contributed by atoms with Crippen LogP contribution in [-0.2, 0) is 0 Å². The third kappa shape index (κ3) is 1.40. The summed E-state index contributed by atoms with van der Waals surface area (Å²) >= 11 is 0. The van der Waals surface area contributed by atoms with Crippen LogP contribution >= 0.6 is 0 Å². The summed E-state index contributed by atoms with van der Waals surface area (Å²) in [4.78, 5) is 4.06. The van der Waals surface area contributed by atoms with Crippen molar-refractivity contribution < 1.29 is 8.78 Å². The first-order valence-corrected chi connectivity index (χ1v) is 5.72. The smallest absolute Gasteiger partial charge is 0.152 e. The zero-order chi connectivity index (χ0) is 12.9. The molecule has 0 aliphatic rings. The van der Waals surface area contributed by atoms with E-state index in [0.717, 1.165) is 0 Å². The first-order chi connectivity index (χ1) is 8.59. The van der Waals surface area contributed by atoms with Crippen molar-refractivity contribution in [3.05, 3.63) is 53.2 Å². The second-order valence-electron chi connectivity index (χ2n) is 4.51. The molecule has 0 radical (unpaired) electrons. The lowest BCUT2D eigenvalue weighted by Gasteiger charge is -2.07. The van der Waals surface area contributed by atoms with Gasteiger partial charge >= 0.3 is 0 Å². The second kappa shape index (κ2) is 3.73. The number of benzene rings is 2. The number of rotatable bonds is 0. The summed E-state index contributed by atoms with van der Waals surface area (Å²) in [7, 11) is 0. The third-order valence-corrected chi connectivity index (χ3v) is 3.30. The minimum atomic E-state index is -0.338. The molecule has 0 aliphatic heterocycles. The summed E-state index contributed by atoms with van der Waals surface area (Å²) in [5.74, 6) is -0.627. The molecule has 0 saturated heterocycles. The molecule has 18 heavy (non-hydrogen) atoms. The summed E-state index contributed by atoms with van der Waals surface area (Å²) in [6.07, 6.45) is 1.41. The predicted octanol–water partition coefficient (Wildman–Crippen LogP) is 4.28. The van der Waals surface area contributed by atoms with Gasteiger partial charge in [-0.05, 0) is 30.4 Å². The molecule has 0 bridgehead atoms. The van der Waals surface area contributed by atoms with E-state index in [0.29, 0.717) is 32.8 Å². The quantitative estimate of drug-likeness (QED) is 0.537. The van der Waals surface area contributed by atoms with Crippen LogP contribution in [0.2, 0.25) is 0 Å². The summed E-state index contributed by atoms with van der Waals surface area (Å²) < 4.78 is 27.9. The van der Waals surface area contributed by atoms with Gasteiger partial charge in [-0.1, -0.05) is 24.3 Å². The van der Waals surface area contributed by atoms with Crippen LogP contribution in [0.5, 0.6) is 0 Å². The van der Waals surface area contributed by atoms with Gasteiger partial charge in [0.1, 0.15) is 11.3 Å². The lowest BCUT2D eigenvalue weighted by Crippen LogP contribution is -1.92. The van der Waals surface area contributed by atoms with Gasteiger partial charge in [-0.2, -0.15) is 0 Å².